The summed E-state index contributed by atoms with van der Waals surface area (Å²) >= 11 is 0. The fraction of sp³-hybridized carbons (Fsp3) is 0.333. The van der Waals surface area contributed by atoms with Crippen molar-refractivity contribution in [2.45, 2.75) is 33.0 Å². The van der Waals surface area contributed by atoms with Crippen molar-refractivity contribution in [3.05, 3.63) is 34.3 Å². The first-order valence-corrected chi connectivity index (χ1v) is 7.00. The Morgan fingerprint density at radius 3 is 2.67 bits per heavy atom. The topological polar surface area (TPSA) is 134 Å². The predicted octanol–water partition coefficient (Wildman–Crippen LogP) is 1.93. The second kappa shape index (κ2) is 6.57. The zero-order valence-corrected chi connectivity index (χ0v) is 13.4. The number of nitrogens with zero attached hydrogens (tertiary/aromatic N) is 1. The molecule has 2 aromatic rings. The number of aromatic nitrogens is 1. The molecule has 0 aliphatic heterocycles. The third kappa shape index (κ3) is 4.70. The molecule has 0 fully saturated rings. The van der Waals surface area contributed by atoms with Crippen molar-refractivity contribution in [1.82, 2.24) is 10.3 Å². The molecule has 1 aromatic carbocycles. The number of carbonyl (C=O) groups excluding carboxylic acids is 2. The number of rotatable bonds is 2. The van der Waals surface area contributed by atoms with Gasteiger partial charge in [0.1, 0.15) is 23.6 Å². The molecule has 1 heterocycles. The third-order valence-corrected chi connectivity index (χ3v) is 2.70. The summed E-state index contributed by atoms with van der Waals surface area (Å²) in [6.45, 7) is 4.86. The largest absolute Gasteiger partial charge is 0.444 e. The maximum atomic E-state index is 11.5. The molecule has 0 saturated heterocycles. The molecule has 2 rings (SSSR count). The number of nitrogen functional groups attached to an aromatic ring is 1. The van der Waals surface area contributed by atoms with E-state index >= 15 is 0 Å². The minimum Gasteiger partial charge on any atom is -0.444 e. The minimum atomic E-state index is -0.958. The monoisotopic (exact) mass is 335 g/mol. The van der Waals surface area contributed by atoms with Gasteiger partial charge in [0.25, 0.3) is 0 Å². The first kappa shape index (κ1) is 17.3. The van der Waals surface area contributed by atoms with E-state index in [1.165, 1.54) is 6.07 Å². The van der Waals surface area contributed by atoms with Gasteiger partial charge in [-0.25, -0.2) is 19.7 Å². The number of alkyl carbamates (subject to hydrolysis) is 2. The maximum absolute atomic E-state index is 11.5. The van der Waals surface area contributed by atoms with Crippen LogP contribution in [0.3, 0.4) is 0 Å². The summed E-state index contributed by atoms with van der Waals surface area (Å²) in [6, 6.07) is 4.71. The molecule has 0 spiro atoms. The Morgan fingerprint density at radius 1 is 1.29 bits per heavy atom. The van der Waals surface area contributed by atoms with Crippen molar-refractivity contribution in [2.24, 2.45) is 0 Å². The molecule has 0 radical (unpaired) electrons. The van der Waals surface area contributed by atoms with Crippen molar-refractivity contribution in [3.8, 4) is 0 Å². The summed E-state index contributed by atoms with van der Waals surface area (Å²) in [6.07, 6.45) is -1.86. The molecule has 0 unspecified atom stereocenters. The number of nitrogens with two attached hydrogens (primary N) is 1. The number of fused-ring (bicyclic) bond motifs is 1. The first-order valence-electron chi connectivity index (χ1n) is 7.00. The summed E-state index contributed by atoms with van der Waals surface area (Å²) in [5.41, 5.74) is 5.65. The van der Waals surface area contributed by atoms with Crippen molar-refractivity contribution in [2.75, 3.05) is 5.73 Å². The quantitative estimate of drug-likeness (QED) is 0.850. The van der Waals surface area contributed by atoms with Crippen LogP contribution in [0.1, 0.15) is 26.3 Å². The van der Waals surface area contributed by atoms with Crippen LogP contribution in [0.4, 0.5) is 15.4 Å². The van der Waals surface area contributed by atoms with E-state index in [9.17, 15) is 14.4 Å². The van der Waals surface area contributed by atoms with Gasteiger partial charge in [-0.1, -0.05) is 6.07 Å². The van der Waals surface area contributed by atoms with Gasteiger partial charge in [0.05, 0.1) is 5.39 Å². The molecule has 0 aliphatic rings. The lowest BCUT2D eigenvalue weighted by Crippen LogP contribution is -2.36. The molecule has 9 heteroatoms. The van der Waals surface area contributed by atoms with Crippen LogP contribution in [0.2, 0.25) is 0 Å². The number of nitrogens with one attached hydrogen (secondary N) is 1. The molecule has 128 valence electrons. The molecule has 9 nitrogen and oxygen atoms in total. The molecule has 0 aliphatic carbocycles. The zero-order valence-electron chi connectivity index (χ0n) is 13.4. The molecule has 24 heavy (non-hydrogen) atoms. The average molecular weight is 335 g/mol. The van der Waals surface area contributed by atoms with Crippen LogP contribution in [-0.4, -0.2) is 22.8 Å². The van der Waals surface area contributed by atoms with Crippen molar-refractivity contribution in [3.63, 3.8) is 0 Å². The molecule has 0 atom stereocenters. The van der Waals surface area contributed by atoms with Crippen LogP contribution in [0.15, 0.2) is 27.4 Å². The third-order valence-electron chi connectivity index (χ3n) is 2.70. The van der Waals surface area contributed by atoms with Gasteiger partial charge in [-0.15, -0.1) is 0 Å². The Hall–Kier alpha value is -3.10. The van der Waals surface area contributed by atoms with E-state index in [0.29, 0.717) is 10.9 Å². The highest BCUT2D eigenvalue weighted by Gasteiger charge is 2.18. The van der Waals surface area contributed by atoms with Gasteiger partial charge in [0, 0.05) is 0 Å². The van der Waals surface area contributed by atoms with Crippen LogP contribution in [0.25, 0.3) is 11.0 Å². The standard InChI is InChI=1S/C15H17N3O6/c1-15(2,3)24-14(21)18-12(19)22-7-8-4-5-9-10(6-8)23-13(20)17-11(9)16/h4-6H,7H2,1-3H3,(H2,16,17,20)(H,18,19,21). The number of amides is 2. The van der Waals surface area contributed by atoms with Crippen LogP contribution in [-0.2, 0) is 16.1 Å². The van der Waals surface area contributed by atoms with Crippen LogP contribution in [0.5, 0.6) is 0 Å². The van der Waals surface area contributed by atoms with Crippen LogP contribution < -0.4 is 16.8 Å². The Bertz CT molecular complexity index is 837. The highest BCUT2D eigenvalue weighted by atomic mass is 16.6. The van der Waals surface area contributed by atoms with Crippen molar-refractivity contribution >= 4 is 29.0 Å². The lowest BCUT2D eigenvalue weighted by Gasteiger charge is -2.19. The Kier molecular flexibility index (Phi) is 4.72. The highest BCUT2D eigenvalue weighted by molar-refractivity contribution is 5.88. The second-order valence-electron chi connectivity index (χ2n) is 5.90. The van der Waals surface area contributed by atoms with E-state index in [2.05, 4.69) is 4.98 Å². The van der Waals surface area contributed by atoms with E-state index in [0.717, 1.165) is 0 Å². The fourth-order valence-corrected chi connectivity index (χ4v) is 1.80. The average Bonchev–Trinajstić information content (AvgIpc) is 2.42. The number of imide groups is 1. The first-order chi connectivity index (χ1) is 11.1. The van der Waals surface area contributed by atoms with E-state index in [4.69, 9.17) is 19.6 Å². The van der Waals surface area contributed by atoms with Crippen molar-refractivity contribution in [1.29, 1.82) is 0 Å². The minimum absolute atomic E-state index is 0.0522. The van der Waals surface area contributed by atoms with E-state index < -0.39 is 23.5 Å². The zero-order chi connectivity index (χ0) is 17.9. The Labute approximate surface area is 136 Å². The lowest BCUT2D eigenvalue weighted by molar-refractivity contribution is 0.0506. The smallest absolute Gasteiger partial charge is 0.441 e. The molecule has 3 N–H and O–H groups in total. The Morgan fingerprint density at radius 2 is 2.00 bits per heavy atom. The highest BCUT2D eigenvalue weighted by Crippen LogP contribution is 2.19. The van der Waals surface area contributed by atoms with Gasteiger partial charge in [-0.3, -0.25) is 0 Å². The van der Waals surface area contributed by atoms with Gasteiger partial charge < -0.3 is 19.6 Å². The lowest BCUT2D eigenvalue weighted by atomic mass is 10.2. The van der Waals surface area contributed by atoms with Gasteiger partial charge >= 0.3 is 17.9 Å². The number of hydrogen-bond acceptors (Lipinski definition) is 8. The summed E-state index contributed by atoms with van der Waals surface area (Å²) in [7, 11) is 0. The van der Waals surface area contributed by atoms with Crippen molar-refractivity contribution < 1.29 is 23.5 Å². The SMILES string of the molecule is CC(C)(C)OC(=O)NC(=O)OCc1ccc2c(N)nc(=O)oc2c1. The maximum Gasteiger partial charge on any atom is 0.441 e. The number of carbonyl (C=O) groups is 2. The second-order valence-corrected chi connectivity index (χ2v) is 5.90. The van der Waals surface area contributed by atoms with E-state index in [1.54, 1.807) is 32.9 Å². The predicted molar refractivity (Wildman–Crippen MR) is 84.2 cm³/mol. The fourth-order valence-electron chi connectivity index (χ4n) is 1.80. The van der Waals surface area contributed by atoms with Gasteiger partial charge in [-0.05, 0) is 38.5 Å². The number of anilines is 1. The number of ether oxygens (including phenoxy) is 2. The van der Waals surface area contributed by atoms with E-state index in [1.807, 2.05) is 5.32 Å². The molecular formula is C15H17N3O6. The van der Waals surface area contributed by atoms with Gasteiger partial charge in [-0.2, -0.15) is 4.98 Å². The number of benzene rings is 1. The Balaban J connectivity index is 1.99. The van der Waals surface area contributed by atoms with E-state index in [-0.39, 0.29) is 18.0 Å². The molecule has 1 aromatic heterocycles. The van der Waals surface area contributed by atoms with Gasteiger partial charge in [0.2, 0.25) is 0 Å². The molecule has 0 saturated carbocycles. The summed E-state index contributed by atoms with van der Waals surface area (Å²) in [4.78, 5) is 37.7. The summed E-state index contributed by atoms with van der Waals surface area (Å²) in [5, 5.41) is 2.41. The molecule has 0 bridgehead atoms. The molecular weight excluding hydrogens is 318 g/mol. The van der Waals surface area contributed by atoms with Gasteiger partial charge in [0.15, 0.2) is 0 Å². The van der Waals surface area contributed by atoms with Crippen LogP contribution in [0, 0.1) is 0 Å². The molecule has 2 amide bonds. The summed E-state index contributed by atoms with van der Waals surface area (Å²) in [5.74, 6) is -0.767. The summed E-state index contributed by atoms with van der Waals surface area (Å²) < 4.78 is 14.8. The number of hydrogen-bond donors (Lipinski definition) is 2. The normalized spacial score (nSPS) is 11.1. The van der Waals surface area contributed by atoms with Crippen LogP contribution >= 0.6 is 0 Å².